The summed E-state index contributed by atoms with van der Waals surface area (Å²) in [5, 5.41) is 3.21. The largest absolute Gasteiger partial charge is 0.326 e. The van der Waals surface area contributed by atoms with E-state index in [0.29, 0.717) is 11.1 Å². The smallest absolute Gasteiger partial charge is 0.242 e. The van der Waals surface area contributed by atoms with Crippen LogP contribution in [0.4, 0.5) is 11.4 Å². The number of carbonyl (C=O) groups is 2. The Bertz CT molecular complexity index is 982. The average molecular weight is 422 g/mol. The molecule has 2 fully saturated rings. The quantitative estimate of drug-likeness (QED) is 0.709. The van der Waals surface area contributed by atoms with Crippen molar-refractivity contribution in [1.82, 2.24) is 4.90 Å². The highest BCUT2D eigenvalue weighted by Crippen LogP contribution is 2.41. The molecule has 1 heterocycles. The van der Waals surface area contributed by atoms with Crippen LogP contribution in [0.2, 0.25) is 0 Å². The van der Waals surface area contributed by atoms with Gasteiger partial charge in [-0.25, -0.2) is 4.99 Å². The standard InChI is InChI=1S/C24H27N3O2S/c1-15-8-12-19(13-9-15)25-24-27(17(3)18-10-11-18)23(29)21(30-24)14-22(28)26-20-7-5-4-6-16(20)2/h4-9,12-13,17-18,21H,10-11,14H2,1-3H3,(H,26,28)/t17-,21-/m0/s1. The van der Waals surface area contributed by atoms with Crippen LogP contribution < -0.4 is 5.32 Å². The van der Waals surface area contributed by atoms with Gasteiger partial charge in [0.2, 0.25) is 11.8 Å². The molecular formula is C24H27N3O2S. The molecule has 1 saturated heterocycles. The van der Waals surface area contributed by atoms with Crippen LogP contribution in [0.5, 0.6) is 0 Å². The lowest BCUT2D eigenvalue weighted by molar-refractivity contribution is -0.129. The van der Waals surface area contributed by atoms with Crippen LogP contribution >= 0.6 is 11.8 Å². The van der Waals surface area contributed by atoms with Gasteiger partial charge in [0, 0.05) is 18.2 Å². The number of nitrogens with one attached hydrogen (secondary N) is 1. The molecule has 1 saturated carbocycles. The third-order valence-corrected chi connectivity index (χ3v) is 6.88. The number of anilines is 1. The van der Waals surface area contributed by atoms with E-state index in [4.69, 9.17) is 4.99 Å². The maximum absolute atomic E-state index is 13.2. The first-order valence-electron chi connectivity index (χ1n) is 10.4. The lowest BCUT2D eigenvalue weighted by atomic mass is 10.1. The highest BCUT2D eigenvalue weighted by Gasteiger charge is 2.45. The number of nitrogens with zero attached hydrogens (tertiary/aromatic N) is 2. The molecule has 1 aliphatic heterocycles. The maximum atomic E-state index is 13.2. The SMILES string of the molecule is Cc1ccc(N=C2S[C@@H](CC(=O)Nc3ccccc3C)C(=O)N2[C@@H](C)C2CC2)cc1. The minimum Gasteiger partial charge on any atom is -0.326 e. The number of aryl methyl sites for hydroxylation is 2. The molecule has 2 aromatic rings. The van der Waals surface area contributed by atoms with Gasteiger partial charge in [-0.15, -0.1) is 0 Å². The Labute approximate surface area is 182 Å². The summed E-state index contributed by atoms with van der Waals surface area (Å²) in [6.07, 6.45) is 2.43. The molecule has 4 rings (SSSR count). The van der Waals surface area contributed by atoms with Gasteiger partial charge in [0.15, 0.2) is 5.17 Å². The Morgan fingerprint density at radius 2 is 1.87 bits per heavy atom. The number of aliphatic imine (C=N–C) groups is 1. The van der Waals surface area contributed by atoms with E-state index in [9.17, 15) is 9.59 Å². The van der Waals surface area contributed by atoms with E-state index in [1.54, 1.807) is 0 Å². The molecule has 0 unspecified atom stereocenters. The number of amidine groups is 1. The van der Waals surface area contributed by atoms with Crippen molar-refractivity contribution < 1.29 is 9.59 Å². The van der Waals surface area contributed by atoms with E-state index in [1.807, 2.05) is 67.3 Å². The number of rotatable bonds is 6. The molecule has 1 aliphatic carbocycles. The monoisotopic (exact) mass is 421 g/mol. The van der Waals surface area contributed by atoms with Crippen molar-refractivity contribution in [1.29, 1.82) is 0 Å². The molecule has 6 heteroatoms. The Hall–Kier alpha value is -2.60. The molecular weight excluding hydrogens is 394 g/mol. The molecule has 2 amide bonds. The number of benzene rings is 2. The van der Waals surface area contributed by atoms with Gasteiger partial charge in [-0.3, -0.25) is 14.5 Å². The van der Waals surface area contributed by atoms with Crippen molar-refractivity contribution in [3.63, 3.8) is 0 Å². The van der Waals surface area contributed by atoms with E-state index < -0.39 is 5.25 Å². The van der Waals surface area contributed by atoms with Gasteiger partial charge in [-0.05, 0) is 63.3 Å². The van der Waals surface area contributed by atoms with Crippen molar-refractivity contribution >= 4 is 40.1 Å². The molecule has 2 aromatic carbocycles. The van der Waals surface area contributed by atoms with Crippen LogP contribution in [0.1, 0.15) is 37.3 Å². The lowest BCUT2D eigenvalue weighted by Gasteiger charge is -2.24. The minimum atomic E-state index is -0.445. The van der Waals surface area contributed by atoms with Gasteiger partial charge in [0.05, 0.1) is 5.69 Å². The summed E-state index contributed by atoms with van der Waals surface area (Å²) in [7, 11) is 0. The van der Waals surface area contributed by atoms with Crippen LogP contribution in [-0.4, -0.2) is 33.2 Å². The second-order valence-electron chi connectivity index (χ2n) is 8.19. The summed E-state index contributed by atoms with van der Waals surface area (Å²) < 4.78 is 0. The zero-order chi connectivity index (χ0) is 21.3. The number of para-hydroxylation sites is 1. The zero-order valence-corrected chi connectivity index (χ0v) is 18.4. The first kappa shape index (κ1) is 20.7. The molecule has 30 heavy (non-hydrogen) atoms. The Kier molecular flexibility index (Phi) is 5.95. The molecule has 0 bridgehead atoms. The molecule has 5 nitrogen and oxygen atoms in total. The van der Waals surface area contributed by atoms with Crippen molar-refractivity contribution in [3.05, 3.63) is 59.7 Å². The van der Waals surface area contributed by atoms with E-state index in [0.717, 1.165) is 29.8 Å². The van der Waals surface area contributed by atoms with Gasteiger partial charge in [0.1, 0.15) is 5.25 Å². The molecule has 1 N–H and O–H groups in total. The van der Waals surface area contributed by atoms with Crippen LogP contribution in [0.15, 0.2) is 53.5 Å². The predicted octanol–water partition coefficient (Wildman–Crippen LogP) is 5.06. The number of hydrogen-bond donors (Lipinski definition) is 1. The summed E-state index contributed by atoms with van der Waals surface area (Å²) in [4.78, 5) is 32.5. The maximum Gasteiger partial charge on any atom is 0.242 e. The fourth-order valence-electron chi connectivity index (χ4n) is 3.67. The fraction of sp³-hybridized carbons (Fsp3) is 0.375. The molecule has 0 aromatic heterocycles. The lowest BCUT2D eigenvalue weighted by Crippen LogP contribution is -2.41. The third-order valence-electron chi connectivity index (χ3n) is 5.73. The van der Waals surface area contributed by atoms with Crippen molar-refractivity contribution in [2.24, 2.45) is 10.9 Å². The van der Waals surface area contributed by atoms with E-state index in [-0.39, 0.29) is 24.3 Å². The van der Waals surface area contributed by atoms with Gasteiger partial charge >= 0.3 is 0 Å². The molecule has 156 valence electrons. The topological polar surface area (TPSA) is 61.8 Å². The summed E-state index contributed by atoms with van der Waals surface area (Å²) in [6.45, 7) is 6.09. The van der Waals surface area contributed by atoms with Crippen LogP contribution in [0.3, 0.4) is 0 Å². The number of carbonyl (C=O) groups excluding carboxylic acids is 2. The first-order valence-corrected chi connectivity index (χ1v) is 11.3. The van der Waals surface area contributed by atoms with Gasteiger partial charge in [0.25, 0.3) is 0 Å². The van der Waals surface area contributed by atoms with Gasteiger partial charge < -0.3 is 5.32 Å². The number of hydrogen-bond acceptors (Lipinski definition) is 4. The van der Waals surface area contributed by atoms with Crippen LogP contribution in [0.25, 0.3) is 0 Å². The normalized spacial score (nSPS) is 21.2. The molecule has 2 aliphatic rings. The van der Waals surface area contributed by atoms with Crippen LogP contribution in [0, 0.1) is 19.8 Å². The minimum absolute atomic E-state index is 0.00908. The highest BCUT2D eigenvalue weighted by atomic mass is 32.2. The molecule has 0 spiro atoms. The van der Waals surface area contributed by atoms with E-state index in [2.05, 4.69) is 12.2 Å². The molecule has 2 atom stereocenters. The third kappa shape index (κ3) is 4.59. The Morgan fingerprint density at radius 1 is 1.17 bits per heavy atom. The fourth-order valence-corrected chi connectivity index (χ4v) is 4.90. The number of amides is 2. The van der Waals surface area contributed by atoms with Crippen molar-refractivity contribution in [2.45, 2.75) is 51.3 Å². The molecule has 0 radical (unpaired) electrons. The van der Waals surface area contributed by atoms with Crippen molar-refractivity contribution in [2.75, 3.05) is 5.32 Å². The van der Waals surface area contributed by atoms with Crippen LogP contribution in [-0.2, 0) is 9.59 Å². The summed E-state index contributed by atoms with van der Waals surface area (Å²) >= 11 is 1.41. The first-order chi connectivity index (χ1) is 14.4. The predicted molar refractivity (Wildman–Crippen MR) is 123 cm³/mol. The number of thioether (sulfide) groups is 1. The summed E-state index contributed by atoms with van der Waals surface area (Å²) in [5.74, 6) is 0.369. The van der Waals surface area contributed by atoms with Crippen molar-refractivity contribution in [3.8, 4) is 0 Å². The zero-order valence-electron chi connectivity index (χ0n) is 17.6. The van der Waals surface area contributed by atoms with E-state index >= 15 is 0 Å². The Balaban J connectivity index is 1.52. The second-order valence-corrected chi connectivity index (χ2v) is 9.36. The average Bonchev–Trinajstić information content (AvgIpc) is 3.52. The Morgan fingerprint density at radius 3 is 2.53 bits per heavy atom. The van der Waals surface area contributed by atoms with Gasteiger partial charge in [-0.1, -0.05) is 47.7 Å². The van der Waals surface area contributed by atoms with E-state index in [1.165, 1.54) is 17.3 Å². The second kappa shape index (κ2) is 8.64. The highest BCUT2D eigenvalue weighted by molar-refractivity contribution is 8.15. The van der Waals surface area contributed by atoms with Gasteiger partial charge in [-0.2, -0.15) is 0 Å². The summed E-state index contributed by atoms with van der Waals surface area (Å²) in [5.41, 5.74) is 3.79. The summed E-state index contributed by atoms with van der Waals surface area (Å²) in [6, 6.07) is 15.7.